The van der Waals surface area contributed by atoms with E-state index in [2.05, 4.69) is 4.98 Å². The van der Waals surface area contributed by atoms with Crippen LogP contribution >= 0.6 is 11.8 Å². The summed E-state index contributed by atoms with van der Waals surface area (Å²) in [5, 5.41) is 9.58. The second-order valence-corrected chi connectivity index (χ2v) is 4.51. The number of aliphatic hydroxyl groups is 1. The molecule has 5 heteroatoms. The molecule has 0 bridgehead atoms. The first-order valence-corrected chi connectivity index (χ1v) is 5.39. The van der Waals surface area contributed by atoms with Crippen LogP contribution in [0.15, 0.2) is 9.64 Å². The molecule has 4 nitrogen and oxygen atoms in total. The lowest BCUT2D eigenvalue weighted by Crippen LogP contribution is -2.31. The smallest absolute Gasteiger partial charge is 0.256 e. The molecule has 14 heavy (non-hydrogen) atoms. The Balaban J connectivity index is 2.67. The molecule has 0 saturated heterocycles. The van der Waals surface area contributed by atoms with Crippen LogP contribution in [0.3, 0.4) is 0 Å². The Bertz CT molecular complexity index is 280. The van der Waals surface area contributed by atoms with Crippen molar-refractivity contribution in [1.82, 2.24) is 4.98 Å². The molecule has 1 heterocycles. The second kappa shape index (κ2) is 4.82. The van der Waals surface area contributed by atoms with E-state index >= 15 is 0 Å². The lowest BCUT2D eigenvalue weighted by atomic mass is 10.3. The molecule has 1 aromatic rings. The molecular weight excluding hydrogens is 200 g/mol. The number of nitrogens with two attached hydrogens (primary N) is 1. The summed E-state index contributed by atoms with van der Waals surface area (Å²) < 4.78 is 5.38. The second-order valence-electron chi connectivity index (χ2n) is 3.32. The standard InChI is InChI=1S/C9H16N2O2S/c1-5(10)8(4-12)14-9-11-6(2)7(3)13-9/h5,8,12H,4,10H2,1-3H3. The highest BCUT2D eigenvalue weighted by molar-refractivity contribution is 7.99. The molecule has 3 N–H and O–H groups in total. The fraction of sp³-hybridized carbons (Fsp3) is 0.667. The molecule has 0 aliphatic carbocycles. The third-order valence-electron chi connectivity index (χ3n) is 2.03. The Kier molecular flexibility index (Phi) is 3.97. The molecule has 0 spiro atoms. The van der Waals surface area contributed by atoms with Crippen molar-refractivity contribution < 1.29 is 9.52 Å². The molecule has 2 atom stereocenters. The van der Waals surface area contributed by atoms with E-state index in [9.17, 15) is 0 Å². The lowest BCUT2D eigenvalue weighted by molar-refractivity contribution is 0.284. The number of thioether (sulfide) groups is 1. The maximum Gasteiger partial charge on any atom is 0.256 e. The van der Waals surface area contributed by atoms with Crippen LogP contribution in [0.1, 0.15) is 18.4 Å². The summed E-state index contributed by atoms with van der Waals surface area (Å²) in [4.78, 5) is 4.21. The zero-order valence-corrected chi connectivity index (χ0v) is 9.47. The van der Waals surface area contributed by atoms with Gasteiger partial charge in [0.25, 0.3) is 5.22 Å². The van der Waals surface area contributed by atoms with Gasteiger partial charge in [0, 0.05) is 6.04 Å². The van der Waals surface area contributed by atoms with Crippen LogP contribution in [0.4, 0.5) is 0 Å². The highest BCUT2D eigenvalue weighted by atomic mass is 32.2. The minimum atomic E-state index is -0.0856. The molecule has 0 aliphatic rings. The predicted molar refractivity (Wildman–Crippen MR) is 56.4 cm³/mol. The van der Waals surface area contributed by atoms with Crippen molar-refractivity contribution in [2.75, 3.05) is 6.61 Å². The number of aromatic nitrogens is 1. The van der Waals surface area contributed by atoms with Gasteiger partial charge in [0.2, 0.25) is 0 Å². The summed E-state index contributed by atoms with van der Waals surface area (Å²) in [5.41, 5.74) is 6.57. The van der Waals surface area contributed by atoms with Crippen molar-refractivity contribution in [2.45, 2.75) is 37.3 Å². The summed E-state index contributed by atoms with van der Waals surface area (Å²) in [5.74, 6) is 0.814. The normalized spacial score (nSPS) is 15.5. The minimum Gasteiger partial charge on any atom is -0.437 e. The van der Waals surface area contributed by atoms with E-state index in [1.165, 1.54) is 11.8 Å². The number of rotatable bonds is 4. The summed E-state index contributed by atoms with van der Waals surface area (Å²) >= 11 is 1.38. The topological polar surface area (TPSA) is 72.3 Å². The highest BCUT2D eigenvalue weighted by Crippen LogP contribution is 2.25. The number of aliphatic hydroxyl groups excluding tert-OH is 1. The fourth-order valence-corrected chi connectivity index (χ4v) is 1.84. The monoisotopic (exact) mass is 216 g/mol. The zero-order chi connectivity index (χ0) is 10.7. The SMILES string of the molecule is Cc1nc(SC(CO)C(C)N)oc1C. The van der Waals surface area contributed by atoms with Gasteiger partial charge in [-0.05, 0) is 20.8 Å². The van der Waals surface area contributed by atoms with Crippen molar-refractivity contribution in [1.29, 1.82) is 0 Å². The Hall–Kier alpha value is -0.520. The molecule has 0 amide bonds. The average Bonchev–Trinajstić information content (AvgIpc) is 2.41. The number of nitrogens with zero attached hydrogens (tertiary/aromatic N) is 1. The molecule has 0 aromatic carbocycles. The summed E-state index contributed by atoms with van der Waals surface area (Å²) in [7, 11) is 0. The fourth-order valence-electron chi connectivity index (χ4n) is 0.934. The van der Waals surface area contributed by atoms with Gasteiger partial charge in [-0.1, -0.05) is 11.8 Å². The summed E-state index contributed by atoms with van der Waals surface area (Å²) in [6.07, 6.45) is 0. The van der Waals surface area contributed by atoms with E-state index < -0.39 is 0 Å². The summed E-state index contributed by atoms with van der Waals surface area (Å²) in [6.45, 7) is 5.65. The molecule has 80 valence electrons. The first-order chi connectivity index (χ1) is 6.54. The van der Waals surface area contributed by atoms with Crippen LogP contribution in [0.5, 0.6) is 0 Å². The van der Waals surface area contributed by atoms with Crippen LogP contribution in [0, 0.1) is 13.8 Å². The van der Waals surface area contributed by atoms with E-state index in [0.717, 1.165) is 11.5 Å². The van der Waals surface area contributed by atoms with Crippen molar-refractivity contribution >= 4 is 11.8 Å². The highest BCUT2D eigenvalue weighted by Gasteiger charge is 2.17. The first kappa shape index (κ1) is 11.6. The van der Waals surface area contributed by atoms with Gasteiger partial charge in [-0.3, -0.25) is 0 Å². The minimum absolute atomic E-state index is 0.0306. The first-order valence-electron chi connectivity index (χ1n) is 4.51. The number of aryl methyl sites for hydroxylation is 2. The van der Waals surface area contributed by atoms with Gasteiger partial charge in [-0.2, -0.15) is 0 Å². The Morgan fingerprint density at radius 1 is 1.57 bits per heavy atom. The molecule has 0 saturated carbocycles. The van der Waals surface area contributed by atoms with Crippen LogP contribution in [0.25, 0.3) is 0 Å². The Morgan fingerprint density at radius 2 is 2.21 bits per heavy atom. The van der Waals surface area contributed by atoms with Gasteiger partial charge < -0.3 is 15.3 Å². The van der Waals surface area contributed by atoms with Gasteiger partial charge >= 0.3 is 0 Å². The third kappa shape index (κ3) is 2.73. The Labute approximate surface area is 87.9 Å². The molecule has 2 unspecified atom stereocenters. The van der Waals surface area contributed by atoms with Gasteiger partial charge in [0.05, 0.1) is 17.6 Å². The van der Waals surface area contributed by atoms with Crippen LogP contribution in [-0.2, 0) is 0 Å². The molecule has 1 rings (SSSR count). The number of oxazole rings is 1. The van der Waals surface area contributed by atoms with E-state index in [0.29, 0.717) is 5.22 Å². The lowest BCUT2D eigenvalue weighted by Gasteiger charge is -2.14. The molecule has 0 aliphatic heterocycles. The Morgan fingerprint density at radius 3 is 2.57 bits per heavy atom. The van der Waals surface area contributed by atoms with Crippen LogP contribution in [0.2, 0.25) is 0 Å². The molecule has 0 fully saturated rings. The average molecular weight is 216 g/mol. The van der Waals surface area contributed by atoms with E-state index in [4.69, 9.17) is 15.3 Å². The molecular formula is C9H16N2O2S. The van der Waals surface area contributed by atoms with Crippen molar-refractivity contribution in [3.8, 4) is 0 Å². The maximum atomic E-state index is 9.06. The van der Waals surface area contributed by atoms with E-state index in [1.54, 1.807) is 0 Å². The quantitative estimate of drug-likeness (QED) is 0.737. The van der Waals surface area contributed by atoms with Crippen LogP contribution < -0.4 is 5.73 Å². The van der Waals surface area contributed by atoms with Crippen molar-refractivity contribution in [3.05, 3.63) is 11.5 Å². The third-order valence-corrected chi connectivity index (χ3v) is 3.28. The molecule has 0 radical (unpaired) electrons. The maximum absolute atomic E-state index is 9.06. The van der Waals surface area contributed by atoms with Gasteiger partial charge in [-0.15, -0.1) is 0 Å². The van der Waals surface area contributed by atoms with Gasteiger partial charge in [0.1, 0.15) is 5.76 Å². The number of hydrogen-bond acceptors (Lipinski definition) is 5. The molecule has 1 aromatic heterocycles. The van der Waals surface area contributed by atoms with Crippen molar-refractivity contribution in [2.24, 2.45) is 5.73 Å². The summed E-state index contributed by atoms with van der Waals surface area (Å²) in [6, 6.07) is -0.0856. The number of hydrogen-bond donors (Lipinski definition) is 2. The van der Waals surface area contributed by atoms with Gasteiger partial charge in [0.15, 0.2) is 0 Å². The van der Waals surface area contributed by atoms with Crippen molar-refractivity contribution in [3.63, 3.8) is 0 Å². The van der Waals surface area contributed by atoms with Gasteiger partial charge in [-0.25, -0.2) is 4.98 Å². The van der Waals surface area contributed by atoms with E-state index in [1.807, 2.05) is 20.8 Å². The van der Waals surface area contributed by atoms with E-state index in [-0.39, 0.29) is 17.9 Å². The predicted octanol–water partition coefficient (Wildman–Crippen LogP) is 1.09. The largest absolute Gasteiger partial charge is 0.437 e. The van der Waals surface area contributed by atoms with Crippen LogP contribution in [-0.4, -0.2) is 28.0 Å². The zero-order valence-electron chi connectivity index (χ0n) is 8.65.